The van der Waals surface area contributed by atoms with Gasteiger partial charge in [-0.1, -0.05) is 6.42 Å². The summed E-state index contributed by atoms with van der Waals surface area (Å²) in [5.41, 5.74) is 0.636. The number of alkyl halides is 4. The SMILES string of the molecule is N=C/N=C(\c1cc(-c2cnn(C(F)F)c2)c[nH]1)N1CC2CCC(C1)N2C(=O)C1C(F)(F)C12CCC2. The average molecular weight is 491 g/mol. The number of carbonyl (C=O) groups excluding carboxylic acids is 1. The minimum absolute atomic E-state index is 0.190. The lowest BCUT2D eigenvalue weighted by molar-refractivity contribution is -0.140. The highest BCUT2D eigenvalue weighted by atomic mass is 19.3. The number of likely N-dealkylation sites (tertiary alicyclic amines) is 1. The van der Waals surface area contributed by atoms with Crippen LogP contribution in [0.2, 0.25) is 0 Å². The number of carbonyl (C=O) groups is 1. The fourth-order valence-electron chi connectivity index (χ4n) is 6.33. The van der Waals surface area contributed by atoms with Crippen LogP contribution in [0.15, 0.2) is 29.6 Å². The quantitative estimate of drug-likeness (QED) is 0.379. The Morgan fingerprint density at radius 2 is 1.94 bits per heavy atom. The first-order chi connectivity index (χ1) is 16.8. The van der Waals surface area contributed by atoms with Crippen molar-refractivity contribution in [3.63, 3.8) is 0 Å². The molecule has 2 aromatic rings. The number of piperazine rings is 1. The monoisotopic (exact) mass is 491 g/mol. The molecule has 6 rings (SSSR count). The zero-order valence-corrected chi connectivity index (χ0v) is 18.8. The Bertz CT molecular complexity index is 1190. The molecule has 2 saturated heterocycles. The summed E-state index contributed by atoms with van der Waals surface area (Å²) >= 11 is 0. The van der Waals surface area contributed by atoms with E-state index in [1.807, 2.05) is 4.90 Å². The minimum Gasteiger partial charge on any atom is -0.358 e. The lowest BCUT2D eigenvalue weighted by Crippen LogP contribution is -2.58. The third-order valence-corrected chi connectivity index (χ3v) is 8.27. The Kier molecular flexibility index (Phi) is 4.88. The number of amides is 1. The molecular formula is C23H25F4N7O. The Balaban J connectivity index is 1.20. The molecule has 35 heavy (non-hydrogen) atoms. The van der Waals surface area contributed by atoms with Gasteiger partial charge in [-0.25, -0.2) is 18.5 Å². The molecule has 1 amide bonds. The number of nitrogens with one attached hydrogen (secondary N) is 2. The first kappa shape index (κ1) is 22.3. The third kappa shape index (κ3) is 3.17. The molecule has 0 radical (unpaired) electrons. The summed E-state index contributed by atoms with van der Waals surface area (Å²) < 4.78 is 55.4. The molecule has 3 atom stereocenters. The lowest BCUT2D eigenvalue weighted by atomic mass is 9.79. The van der Waals surface area contributed by atoms with Crippen LogP contribution in [0, 0.1) is 16.7 Å². The van der Waals surface area contributed by atoms with Gasteiger partial charge in [0.1, 0.15) is 12.3 Å². The maximum Gasteiger partial charge on any atom is 0.333 e. The first-order valence-corrected chi connectivity index (χ1v) is 11.8. The molecule has 2 saturated carbocycles. The Morgan fingerprint density at radius 3 is 2.49 bits per heavy atom. The third-order valence-electron chi connectivity index (χ3n) is 8.27. The Morgan fingerprint density at radius 1 is 1.23 bits per heavy atom. The summed E-state index contributed by atoms with van der Waals surface area (Å²) in [5.74, 6) is -4.01. The van der Waals surface area contributed by atoms with Crippen LogP contribution >= 0.6 is 0 Å². The largest absolute Gasteiger partial charge is 0.358 e. The molecule has 12 heteroatoms. The second-order valence-corrected chi connectivity index (χ2v) is 9.97. The fraction of sp³-hybridized carbons (Fsp3) is 0.565. The van der Waals surface area contributed by atoms with Crippen LogP contribution < -0.4 is 0 Å². The Labute approximate surface area is 198 Å². The van der Waals surface area contributed by atoms with E-state index >= 15 is 0 Å². The van der Waals surface area contributed by atoms with E-state index in [0.717, 1.165) is 25.6 Å². The standard InChI is InChI=1S/C23H25F4N7O/c24-21(25)33-9-14(8-31-33)13-6-17(29-7-13)19(30-12-28)32-10-15-2-3-16(11-32)34(15)20(35)18-22(4-1-5-22)23(18,26)27/h6-9,12,15-16,18,21,28-29H,1-5,10-11H2/b28-12?,30-19+. The Hall–Kier alpha value is -3.18. The normalized spacial score (nSPS) is 28.5. The molecule has 2 aliphatic heterocycles. The van der Waals surface area contributed by atoms with E-state index in [1.165, 1.54) is 12.4 Å². The number of rotatable bonds is 5. The smallest absolute Gasteiger partial charge is 0.333 e. The van der Waals surface area contributed by atoms with E-state index in [2.05, 4.69) is 15.1 Å². The van der Waals surface area contributed by atoms with Crippen molar-refractivity contribution in [2.24, 2.45) is 16.3 Å². The highest BCUT2D eigenvalue weighted by Gasteiger charge is 2.85. The van der Waals surface area contributed by atoms with Crippen molar-refractivity contribution in [1.29, 1.82) is 5.41 Å². The van der Waals surface area contributed by atoms with Gasteiger partial charge in [-0.2, -0.15) is 13.9 Å². The molecule has 8 nitrogen and oxygen atoms in total. The van der Waals surface area contributed by atoms with Gasteiger partial charge in [0, 0.05) is 48.7 Å². The summed E-state index contributed by atoms with van der Waals surface area (Å²) in [6.07, 6.45) is 8.25. The summed E-state index contributed by atoms with van der Waals surface area (Å²) in [7, 11) is 0. The van der Waals surface area contributed by atoms with Gasteiger partial charge in [-0.05, 0) is 31.7 Å². The van der Waals surface area contributed by atoms with Gasteiger partial charge in [0.15, 0.2) is 5.84 Å². The predicted octanol–water partition coefficient (Wildman–Crippen LogP) is 3.74. The van der Waals surface area contributed by atoms with Crippen LogP contribution in [-0.4, -0.2) is 73.7 Å². The van der Waals surface area contributed by atoms with E-state index in [9.17, 15) is 22.4 Å². The molecule has 0 aromatic carbocycles. The molecule has 2 aliphatic carbocycles. The van der Waals surface area contributed by atoms with Gasteiger partial charge in [-0.3, -0.25) is 10.2 Å². The second kappa shape index (κ2) is 7.66. The number of aromatic amines is 1. The molecule has 186 valence electrons. The number of hydrogen-bond acceptors (Lipinski definition) is 3. The molecule has 4 aliphatic rings. The average Bonchev–Trinajstić information content (AvgIpc) is 3.29. The van der Waals surface area contributed by atoms with E-state index < -0.39 is 29.7 Å². The van der Waals surface area contributed by atoms with Crippen molar-refractivity contribution in [3.8, 4) is 11.1 Å². The van der Waals surface area contributed by atoms with E-state index in [1.54, 1.807) is 17.2 Å². The van der Waals surface area contributed by atoms with Crippen LogP contribution in [0.1, 0.15) is 44.3 Å². The second-order valence-electron chi connectivity index (χ2n) is 9.97. The summed E-state index contributed by atoms with van der Waals surface area (Å²) in [4.78, 5) is 24.2. The number of nitrogens with zero attached hydrogens (tertiary/aromatic N) is 5. The number of aromatic nitrogens is 3. The number of H-pyrrole nitrogens is 1. The number of halogens is 4. The van der Waals surface area contributed by atoms with Crippen LogP contribution in [0.3, 0.4) is 0 Å². The molecule has 4 heterocycles. The lowest BCUT2D eigenvalue weighted by Gasteiger charge is -2.42. The van der Waals surface area contributed by atoms with E-state index in [4.69, 9.17) is 5.41 Å². The van der Waals surface area contributed by atoms with E-state index in [0.29, 0.717) is 53.3 Å². The van der Waals surface area contributed by atoms with Gasteiger partial charge in [0.05, 0.1) is 17.3 Å². The maximum atomic E-state index is 14.5. The fourth-order valence-corrected chi connectivity index (χ4v) is 6.33. The van der Waals surface area contributed by atoms with Crippen LogP contribution in [-0.2, 0) is 4.79 Å². The predicted molar refractivity (Wildman–Crippen MR) is 119 cm³/mol. The summed E-state index contributed by atoms with van der Waals surface area (Å²) in [6, 6.07) is 1.37. The van der Waals surface area contributed by atoms with E-state index in [-0.39, 0.29) is 12.1 Å². The van der Waals surface area contributed by atoms with Gasteiger partial charge in [-0.15, -0.1) is 0 Å². The van der Waals surface area contributed by atoms with Crippen LogP contribution in [0.5, 0.6) is 0 Å². The molecule has 3 unspecified atom stereocenters. The number of amidine groups is 1. The van der Waals surface area contributed by atoms with Gasteiger partial charge >= 0.3 is 6.55 Å². The van der Waals surface area contributed by atoms with Gasteiger partial charge in [0.25, 0.3) is 5.92 Å². The number of hydrogen-bond donors (Lipinski definition) is 2. The van der Waals surface area contributed by atoms with Crippen molar-refractivity contribution < 1.29 is 22.4 Å². The number of fused-ring (bicyclic) bond motifs is 2. The van der Waals surface area contributed by atoms with Crippen LogP contribution in [0.25, 0.3) is 11.1 Å². The zero-order chi connectivity index (χ0) is 24.5. The topological polar surface area (TPSA) is 93.4 Å². The molecular weight excluding hydrogens is 466 g/mol. The van der Waals surface area contributed by atoms with Crippen molar-refractivity contribution in [3.05, 3.63) is 30.4 Å². The van der Waals surface area contributed by atoms with Crippen molar-refractivity contribution in [2.45, 2.75) is 56.7 Å². The molecule has 4 fully saturated rings. The van der Waals surface area contributed by atoms with Crippen molar-refractivity contribution in [1.82, 2.24) is 24.6 Å². The van der Waals surface area contributed by atoms with Crippen LogP contribution in [0.4, 0.5) is 17.6 Å². The molecule has 2 bridgehead atoms. The highest BCUT2D eigenvalue weighted by Crippen LogP contribution is 2.76. The molecule has 1 spiro atoms. The van der Waals surface area contributed by atoms with Crippen molar-refractivity contribution in [2.75, 3.05) is 13.1 Å². The number of aliphatic imine (C=N–C) groups is 1. The molecule has 2 N–H and O–H groups in total. The van der Waals surface area contributed by atoms with Gasteiger partial charge < -0.3 is 14.8 Å². The van der Waals surface area contributed by atoms with Gasteiger partial charge in [0.2, 0.25) is 5.91 Å². The maximum absolute atomic E-state index is 14.5. The van der Waals surface area contributed by atoms with Crippen molar-refractivity contribution >= 4 is 18.1 Å². The first-order valence-electron chi connectivity index (χ1n) is 11.8. The summed E-state index contributed by atoms with van der Waals surface area (Å²) in [6.45, 7) is -1.88. The zero-order valence-electron chi connectivity index (χ0n) is 18.8. The summed E-state index contributed by atoms with van der Waals surface area (Å²) in [5, 5.41) is 11.2. The minimum atomic E-state index is -2.90. The highest BCUT2D eigenvalue weighted by molar-refractivity contribution is 6.02. The molecule has 2 aromatic heterocycles.